The summed E-state index contributed by atoms with van der Waals surface area (Å²) in [6, 6.07) is 1.59. The zero-order chi connectivity index (χ0) is 14.8. The van der Waals surface area contributed by atoms with Gasteiger partial charge in [-0.2, -0.15) is 0 Å². The summed E-state index contributed by atoms with van der Waals surface area (Å²) >= 11 is 1.50. The summed E-state index contributed by atoms with van der Waals surface area (Å²) in [6.07, 6.45) is 3.87. The Morgan fingerprint density at radius 1 is 1.50 bits per heavy atom. The van der Waals surface area contributed by atoms with Gasteiger partial charge in [-0.1, -0.05) is 0 Å². The highest BCUT2D eigenvalue weighted by Gasteiger charge is 2.44. The lowest BCUT2D eigenvalue weighted by molar-refractivity contribution is -0.141. The Morgan fingerprint density at radius 3 is 2.75 bits per heavy atom. The number of carbonyl (C=O) groups excluding carboxylic acids is 2. The number of amides is 1. The Balaban J connectivity index is 1.99. The molecule has 6 nitrogen and oxygen atoms in total. The number of hydrogen-bond acceptors (Lipinski definition) is 6. The minimum atomic E-state index is -0.567. The van der Waals surface area contributed by atoms with Crippen molar-refractivity contribution in [2.24, 2.45) is 11.1 Å². The van der Waals surface area contributed by atoms with Gasteiger partial charge >= 0.3 is 5.97 Å². The van der Waals surface area contributed by atoms with Gasteiger partial charge in [-0.25, -0.2) is 4.98 Å². The second-order valence-corrected chi connectivity index (χ2v) is 6.01. The van der Waals surface area contributed by atoms with E-state index in [1.807, 2.05) is 0 Å². The van der Waals surface area contributed by atoms with Crippen LogP contribution in [-0.2, 0) is 9.53 Å². The van der Waals surface area contributed by atoms with Gasteiger partial charge in [-0.3, -0.25) is 9.59 Å². The number of aromatic nitrogens is 1. The summed E-state index contributed by atoms with van der Waals surface area (Å²) in [6.45, 7) is 0. The van der Waals surface area contributed by atoms with E-state index in [-0.39, 0.29) is 22.6 Å². The maximum atomic E-state index is 11.3. The molecule has 0 aliphatic heterocycles. The molecule has 0 unspecified atom stereocenters. The zero-order valence-corrected chi connectivity index (χ0v) is 12.0. The van der Waals surface area contributed by atoms with Crippen molar-refractivity contribution < 1.29 is 14.3 Å². The fourth-order valence-electron chi connectivity index (χ4n) is 1.89. The summed E-state index contributed by atoms with van der Waals surface area (Å²) < 4.78 is 4.70. The van der Waals surface area contributed by atoms with Crippen molar-refractivity contribution >= 4 is 29.3 Å². The first-order valence-corrected chi connectivity index (χ1v) is 7.19. The van der Waals surface area contributed by atoms with Crippen LogP contribution in [-0.4, -0.2) is 29.7 Å². The van der Waals surface area contributed by atoms with Gasteiger partial charge in [-0.15, -0.1) is 11.8 Å². The number of pyridine rings is 1. The predicted molar refractivity (Wildman–Crippen MR) is 76.2 cm³/mol. The molecule has 0 spiro atoms. The lowest BCUT2D eigenvalue weighted by Gasteiger charge is -2.13. The van der Waals surface area contributed by atoms with Crippen LogP contribution in [0.15, 0.2) is 17.3 Å². The quantitative estimate of drug-likeness (QED) is 0.603. The molecule has 1 aromatic heterocycles. The van der Waals surface area contributed by atoms with Crippen molar-refractivity contribution in [2.45, 2.75) is 24.3 Å². The van der Waals surface area contributed by atoms with Crippen LogP contribution < -0.4 is 11.5 Å². The van der Waals surface area contributed by atoms with Gasteiger partial charge in [0.05, 0.1) is 36.0 Å². The van der Waals surface area contributed by atoms with Crippen LogP contribution in [0.3, 0.4) is 0 Å². The Kier molecular flexibility index (Phi) is 4.17. The van der Waals surface area contributed by atoms with Crippen molar-refractivity contribution in [3.05, 3.63) is 17.8 Å². The molecule has 0 saturated heterocycles. The van der Waals surface area contributed by atoms with E-state index < -0.39 is 5.91 Å². The Labute approximate surface area is 121 Å². The van der Waals surface area contributed by atoms with Gasteiger partial charge in [0.1, 0.15) is 0 Å². The zero-order valence-electron chi connectivity index (χ0n) is 11.2. The normalized spacial score (nSPS) is 15.7. The fraction of sp³-hybridized carbons (Fsp3) is 0.462. The third-order valence-corrected chi connectivity index (χ3v) is 4.68. The molecular weight excluding hydrogens is 278 g/mol. The molecule has 1 saturated carbocycles. The van der Waals surface area contributed by atoms with E-state index in [0.29, 0.717) is 11.4 Å². The third-order valence-electron chi connectivity index (χ3n) is 3.41. The van der Waals surface area contributed by atoms with Crippen LogP contribution in [0.2, 0.25) is 0 Å². The van der Waals surface area contributed by atoms with Crippen molar-refractivity contribution in [1.82, 2.24) is 4.98 Å². The minimum absolute atomic E-state index is 0.00765. The molecule has 0 bridgehead atoms. The number of hydrogen-bond donors (Lipinski definition) is 2. The number of rotatable bonds is 6. The van der Waals surface area contributed by atoms with Crippen molar-refractivity contribution in [1.29, 1.82) is 0 Å². The summed E-state index contributed by atoms with van der Waals surface area (Å²) in [4.78, 5) is 26.7. The third kappa shape index (κ3) is 3.41. The summed E-state index contributed by atoms with van der Waals surface area (Å²) in [7, 11) is 1.40. The monoisotopic (exact) mass is 295 g/mol. The minimum Gasteiger partial charge on any atom is -0.469 e. The van der Waals surface area contributed by atoms with Crippen LogP contribution in [0.5, 0.6) is 0 Å². The smallest absolute Gasteiger partial charge is 0.306 e. The van der Waals surface area contributed by atoms with Gasteiger partial charge in [-0.05, 0) is 24.3 Å². The van der Waals surface area contributed by atoms with Gasteiger partial charge in [0.2, 0.25) is 0 Å². The average Bonchev–Trinajstić information content (AvgIpc) is 3.17. The van der Waals surface area contributed by atoms with E-state index in [2.05, 4.69) is 4.98 Å². The fourth-order valence-corrected chi connectivity index (χ4v) is 3.07. The standard InChI is InChI=1S/C13H17N3O3S/c1-19-11(17)5-13(2-3-13)7-20-10-4-8(12(15)18)9(14)6-16-10/h4,6H,2-3,5,7,14H2,1H3,(H2,15,18). The molecular formula is C13H17N3O3S. The number of nitrogens with two attached hydrogens (primary N) is 2. The molecule has 1 amide bonds. The number of methoxy groups -OCH3 is 1. The van der Waals surface area contributed by atoms with E-state index in [9.17, 15) is 9.59 Å². The highest BCUT2D eigenvalue weighted by Crippen LogP contribution is 2.52. The molecule has 1 heterocycles. The van der Waals surface area contributed by atoms with Gasteiger partial charge in [0.25, 0.3) is 5.91 Å². The Morgan fingerprint density at radius 2 is 2.20 bits per heavy atom. The second-order valence-electron chi connectivity index (χ2n) is 5.02. The number of anilines is 1. The van der Waals surface area contributed by atoms with E-state index in [1.54, 1.807) is 6.07 Å². The average molecular weight is 295 g/mol. The summed E-state index contributed by atoms with van der Waals surface area (Å²) in [5.41, 5.74) is 11.4. The molecule has 20 heavy (non-hydrogen) atoms. The van der Waals surface area contributed by atoms with Crippen LogP contribution in [0.1, 0.15) is 29.6 Å². The molecule has 0 aromatic carbocycles. The van der Waals surface area contributed by atoms with Crippen molar-refractivity contribution in [3.63, 3.8) is 0 Å². The van der Waals surface area contributed by atoms with Gasteiger partial charge in [0.15, 0.2) is 0 Å². The molecule has 0 atom stereocenters. The number of carbonyl (C=O) groups is 2. The van der Waals surface area contributed by atoms with E-state index >= 15 is 0 Å². The van der Waals surface area contributed by atoms with Crippen LogP contribution in [0.25, 0.3) is 0 Å². The number of nitrogen functional groups attached to an aromatic ring is 1. The van der Waals surface area contributed by atoms with Crippen molar-refractivity contribution in [2.75, 3.05) is 18.6 Å². The highest BCUT2D eigenvalue weighted by molar-refractivity contribution is 7.99. The topological polar surface area (TPSA) is 108 Å². The first-order chi connectivity index (χ1) is 9.46. The molecule has 2 rings (SSSR count). The lowest BCUT2D eigenvalue weighted by atomic mass is 10.1. The molecule has 4 N–H and O–H groups in total. The Hall–Kier alpha value is -1.76. The number of esters is 1. The highest BCUT2D eigenvalue weighted by atomic mass is 32.2. The van der Waals surface area contributed by atoms with E-state index in [4.69, 9.17) is 16.2 Å². The van der Waals surface area contributed by atoms with Crippen LogP contribution in [0, 0.1) is 5.41 Å². The van der Waals surface area contributed by atoms with Crippen LogP contribution in [0.4, 0.5) is 5.69 Å². The first-order valence-electron chi connectivity index (χ1n) is 6.21. The van der Waals surface area contributed by atoms with E-state index in [0.717, 1.165) is 18.6 Å². The van der Waals surface area contributed by atoms with Crippen LogP contribution >= 0.6 is 11.8 Å². The maximum Gasteiger partial charge on any atom is 0.306 e. The molecule has 1 fully saturated rings. The van der Waals surface area contributed by atoms with Crippen molar-refractivity contribution in [3.8, 4) is 0 Å². The molecule has 1 aliphatic rings. The van der Waals surface area contributed by atoms with Gasteiger partial charge in [0, 0.05) is 5.75 Å². The predicted octanol–water partition coefficient (Wildman–Crippen LogP) is 1.20. The SMILES string of the molecule is COC(=O)CC1(CSc2cc(C(N)=O)c(N)cn2)CC1. The number of ether oxygens (including phenoxy) is 1. The number of nitrogens with zero attached hydrogens (tertiary/aromatic N) is 1. The maximum absolute atomic E-state index is 11.3. The van der Waals surface area contributed by atoms with Gasteiger partial charge < -0.3 is 16.2 Å². The molecule has 0 radical (unpaired) electrons. The Bertz CT molecular complexity index is 544. The van der Waals surface area contributed by atoms with E-state index in [1.165, 1.54) is 25.1 Å². The molecule has 7 heteroatoms. The summed E-state index contributed by atoms with van der Waals surface area (Å²) in [5, 5.41) is 0.684. The first kappa shape index (κ1) is 14.6. The number of primary amides is 1. The molecule has 1 aromatic rings. The number of thioether (sulfide) groups is 1. The lowest BCUT2D eigenvalue weighted by Crippen LogP contribution is -2.15. The largest absolute Gasteiger partial charge is 0.469 e. The second kappa shape index (κ2) is 5.70. The molecule has 1 aliphatic carbocycles. The summed E-state index contributed by atoms with van der Waals surface area (Å²) in [5.74, 6) is 0.00524. The molecule has 108 valence electrons.